The standard InChI is InChI=1S/C18H26N2O5S/c1-26(22,23)20(11-5-6-18(21)19-9-3-2-4-10-19)15-7-8-16-17(14-15)25-13-12-24-16/h7-8,14H,2-6,9-13H2,1H3. The van der Waals surface area contributed by atoms with Crippen LogP contribution in [0.4, 0.5) is 5.69 Å². The number of sulfonamides is 1. The maximum Gasteiger partial charge on any atom is 0.232 e. The molecule has 0 atom stereocenters. The SMILES string of the molecule is CS(=O)(=O)N(CCCC(=O)N1CCCCC1)c1ccc2c(c1)OCCO2. The molecule has 7 nitrogen and oxygen atoms in total. The van der Waals surface area contributed by atoms with Gasteiger partial charge in [0.05, 0.1) is 11.9 Å². The second-order valence-electron chi connectivity index (χ2n) is 6.71. The second kappa shape index (κ2) is 8.16. The van der Waals surface area contributed by atoms with Crippen molar-refractivity contribution in [3.05, 3.63) is 18.2 Å². The Labute approximate surface area is 154 Å². The zero-order chi connectivity index (χ0) is 18.6. The van der Waals surface area contributed by atoms with Gasteiger partial charge in [-0.05, 0) is 37.8 Å². The van der Waals surface area contributed by atoms with E-state index in [1.807, 2.05) is 4.90 Å². The van der Waals surface area contributed by atoms with Gasteiger partial charge in [-0.25, -0.2) is 8.42 Å². The first kappa shape index (κ1) is 18.8. The number of nitrogens with zero attached hydrogens (tertiary/aromatic N) is 2. The van der Waals surface area contributed by atoms with Gasteiger partial charge in [0.2, 0.25) is 15.9 Å². The van der Waals surface area contributed by atoms with Gasteiger partial charge in [-0.1, -0.05) is 0 Å². The fraction of sp³-hybridized carbons (Fsp3) is 0.611. The molecular weight excluding hydrogens is 356 g/mol. The Hall–Kier alpha value is -1.96. The number of rotatable bonds is 6. The van der Waals surface area contributed by atoms with Crippen LogP contribution in [0.5, 0.6) is 11.5 Å². The maximum absolute atomic E-state index is 12.3. The molecule has 3 rings (SSSR count). The molecule has 1 fully saturated rings. The van der Waals surface area contributed by atoms with Gasteiger partial charge in [0.1, 0.15) is 13.2 Å². The first-order valence-electron chi connectivity index (χ1n) is 9.10. The predicted octanol–water partition coefficient (Wildman–Crippen LogP) is 2.02. The molecule has 8 heteroatoms. The molecule has 0 aromatic heterocycles. The minimum absolute atomic E-state index is 0.111. The summed E-state index contributed by atoms with van der Waals surface area (Å²) in [5, 5.41) is 0. The highest BCUT2D eigenvalue weighted by atomic mass is 32.2. The first-order valence-corrected chi connectivity index (χ1v) is 10.9. The Bertz CT molecular complexity index is 744. The Morgan fingerprint density at radius 1 is 1.12 bits per heavy atom. The van der Waals surface area contributed by atoms with E-state index >= 15 is 0 Å². The molecule has 2 aliphatic rings. The van der Waals surface area contributed by atoms with E-state index in [9.17, 15) is 13.2 Å². The van der Waals surface area contributed by atoms with Crippen LogP contribution in [-0.4, -0.2) is 58.3 Å². The fourth-order valence-corrected chi connectivity index (χ4v) is 4.31. The third-order valence-electron chi connectivity index (χ3n) is 4.67. The van der Waals surface area contributed by atoms with Crippen molar-refractivity contribution in [2.24, 2.45) is 0 Å². The summed E-state index contributed by atoms with van der Waals surface area (Å²) in [5.41, 5.74) is 0.530. The van der Waals surface area contributed by atoms with Gasteiger partial charge in [-0.3, -0.25) is 9.10 Å². The highest BCUT2D eigenvalue weighted by molar-refractivity contribution is 7.92. The number of fused-ring (bicyclic) bond motifs is 1. The van der Waals surface area contributed by atoms with Crippen molar-refractivity contribution in [3.63, 3.8) is 0 Å². The zero-order valence-corrected chi connectivity index (χ0v) is 16.0. The number of likely N-dealkylation sites (tertiary alicyclic amines) is 1. The molecule has 1 amide bonds. The van der Waals surface area contributed by atoms with Crippen LogP contribution in [0, 0.1) is 0 Å². The van der Waals surface area contributed by atoms with Crippen LogP contribution in [0.25, 0.3) is 0 Å². The summed E-state index contributed by atoms with van der Waals surface area (Å²) in [7, 11) is -3.46. The quantitative estimate of drug-likeness (QED) is 0.752. The number of ether oxygens (including phenoxy) is 2. The Morgan fingerprint density at radius 2 is 1.81 bits per heavy atom. The zero-order valence-electron chi connectivity index (χ0n) is 15.1. The molecule has 0 radical (unpaired) electrons. The summed E-state index contributed by atoms with van der Waals surface area (Å²) in [6.45, 7) is 2.83. The highest BCUT2D eigenvalue weighted by Gasteiger charge is 2.22. The van der Waals surface area contributed by atoms with Crippen LogP contribution < -0.4 is 13.8 Å². The van der Waals surface area contributed by atoms with E-state index in [1.54, 1.807) is 18.2 Å². The van der Waals surface area contributed by atoms with Gasteiger partial charge in [0.25, 0.3) is 0 Å². The second-order valence-corrected chi connectivity index (χ2v) is 8.61. The molecule has 1 saturated heterocycles. The maximum atomic E-state index is 12.3. The summed E-state index contributed by atoms with van der Waals surface area (Å²) < 4.78 is 36.8. The van der Waals surface area contributed by atoms with Crippen LogP contribution >= 0.6 is 0 Å². The van der Waals surface area contributed by atoms with Gasteiger partial charge >= 0.3 is 0 Å². The lowest BCUT2D eigenvalue weighted by atomic mass is 10.1. The van der Waals surface area contributed by atoms with Crippen molar-refractivity contribution >= 4 is 21.6 Å². The molecule has 2 aliphatic heterocycles. The van der Waals surface area contributed by atoms with Crippen LogP contribution in [0.1, 0.15) is 32.1 Å². The summed E-state index contributed by atoms with van der Waals surface area (Å²) in [6.07, 6.45) is 5.30. The first-order chi connectivity index (χ1) is 12.4. The fourth-order valence-electron chi connectivity index (χ4n) is 3.35. The van der Waals surface area contributed by atoms with Gasteiger partial charge in [0, 0.05) is 32.1 Å². The average molecular weight is 382 g/mol. The lowest BCUT2D eigenvalue weighted by Gasteiger charge is -2.28. The summed E-state index contributed by atoms with van der Waals surface area (Å²) in [4.78, 5) is 14.2. The number of anilines is 1. The van der Waals surface area contributed by atoms with Crippen molar-refractivity contribution in [1.82, 2.24) is 4.90 Å². The Balaban J connectivity index is 1.64. The Morgan fingerprint density at radius 3 is 2.50 bits per heavy atom. The summed E-state index contributed by atoms with van der Waals surface area (Å²) >= 11 is 0. The largest absolute Gasteiger partial charge is 0.486 e. The molecule has 0 unspecified atom stereocenters. The summed E-state index contributed by atoms with van der Waals surface area (Å²) in [5.74, 6) is 1.28. The number of amides is 1. The van der Waals surface area contributed by atoms with Gasteiger partial charge in [-0.2, -0.15) is 0 Å². The lowest BCUT2D eigenvalue weighted by molar-refractivity contribution is -0.132. The number of carbonyl (C=O) groups excluding carboxylic acids is 1. The predicted molar refractivity (Wildman–Crippen MR) is 99.3 cm³/mol. The van der Waals surface area contributed by atoms with E-state index in [-0.39, 0.29) is 12.5 Å². The van der Waals surface area contributed by atoms with E-state index in [1.165, 1.54) is 17.0 Å². The highest BCUT2D eigenvalue weighted by Crippen LogP contribution is 2.34. The van der Waals surface area contributed by atoms with Crippen LogP contribution in [-0.2, 0) is 14.8 Å². The van der Waals surface area contributed by atoms with Crippen LogP contribution in [0.15, 0.2) is 18.2 Å². The molecule has 1 aromatic carbocycles. The van der Waals surface area contributed by atoms with Gasteiger partial charge in [0.15, 0.2) is 11.5 Å². The number of benzene rings is 1. The monoisotopic (exact) mass is 382 g/mol. The van der Waals surface area contributed by atoms with Crippen LogP contribution in [0.3, 0.4) is 0 Å². The van der Waals surface area contributed by atoms with E-state index in [0.29, 0.717) is 43.2 Å². The molecule has 26 heavy (non-hydrogen) atoms. The van der Waals surface area contributed by atoms with E-state index < -0.39 is 10.0 Å². The molecule has 0 spiro atoms. The topological polar surface area (TPSA) is 76.2 Å². The number of carbonyl (C=O) groups is 1. The lowest BCUT2D eigenvalue weighted by Crippen LogP contribution is -2.36. The molecule has 0 N–H and O–H groups in total. The van der Waals surface area contributed by atoms with Crippen LogP contribution in [0.2, 0.25) is 0 Å². The van der Waals surface area contributed by atoms with E-state index in [4.69, 9.17) is 9.47 Å². The average Bonchev–Trinajstić information content (AvgIpc) is 2.64. The Kier molecular flexibility index (Phi) is 5.90. The molecule has 0 saturated carbocycles. The van der Waals surface area contributed by atoms with Crippen molar-refractivity contribution in [3.8, 4) is 11.5 Å². The minimum atomic E-state index is -3.46. The van der Waals surface area contributed by atoms with Crippen molar-refractivity contribution in [2.75, 3.05) is 43.4 Å². The number of hydrogen-bond acceptors (Lipinski definition) is 5. The van der Waals surface area contributed by atoms with Crippen molar-refractivity contribution in [1.29, 1.82) is 0 Å². The van der Waals surface area contributed by atoms with Crippen molar-refractivity contribution < 1.29 is 22.7 Å². The van der Waals surface area contributed by atoms with Gasteiger partial charge < -0.3 is 14.4 Å². The molecule has 144 valence electrons. The normalized spacial score (nSPS) is 17.0. The molecule has 1 aromatic rings. The molecule has 2 heterocycles. The van der Waals surface area contributed by atoms with Gasteiger partial charge in [-0.15, -0.1) is 0 Å². The molecule has 0 aliphatic carbocycles. The summed E-state index contributed by atoms with van der Waals surface area (Å²) in [6, 6.07) is 5.11. The van der Waals surface area contributed by atoms with Crippen molar-refractivity contribution in [2.45, 2.75) is 32.1 Å². The number of hydrogen-bond donors (Lipinski definition) is 0. The smallest absolute Gasteiger partial charge is 0.232 e. The molecular formula is C18H26N2O5S. The number of piperidine rings is 1. The third-order valence-corrected chi connectivity index (χ3v) is 5.87. The minimum Gasteiger partial charge on any atom is -0.486 e. The third kappa shape index (κ3) is 4.60. The van der Waals surface area contributed by atoms with E-state index in [0.717, 1.165) is 25.9 Å². The molecule has 0 bridgehead atoms. The van der Waals surface area contributed by atoms with E-state index in [2.05, 4.69) is 0 Å².